The first-order valence-electron chi connectivity index (χ1n) is 9.04. The largest absolute Gasteiger partial charge is 0.481 e. The number of amides is 1. The number of carbonyl (C=O) groups excluding carboxylic acids is 1. The molecule has 0 radical (unpaired) electrons. The molecule has 0 aromatic heterocycles. The van der Waals surface area contributed by atoms with Gasteiger partial charge in [-0.15, -0.1) is 0 Å². The van der Waals surface area contributed by atoms with Crippen molar-refractivity contribution in [2.45, 2.75) is 65.2 Å². The smallest absolute Gasteiger partial charge is 0.306 e. The third-order valence-electron chi connectivity index (χ3n) is 5.70. The number of hydrogen-bond donors (Lipinski definition) is 1. The van der Waals surface area contributed by atoms with Gasteiger partial charge in [0.2, 0.25) is 5.91 Å². The van der Waals surface area contributed by atoms with Gasteiger partial charge in [0.15, 0.2) is 0 Å². The number of carbonyl (C=O) groups is 2. The Kier molecular flexibility index (Phi) is 6.27. The topological polar surface area (TPSA) is 57.6 Å². The molecule has 1 aliphatic carbocycles. The van der Waals surface area contributed by atoms with Gasteiger partial charge in [0.25, 0.3) is 0 Å². The number of unbranched alkanes of at least 4 members (excludes halogenated alkanes) is 1. The molecule has 22 heavy (non-hydrogen) atoms. The fraction of sp³-hybridized carbons (Fsp3) is 0.889. The van der Waals surface area contributed by atoms with Crippen molar-refractivity contribution in [3.63, 3.8) is 0 Å². The van der Waals surface area contributed by atoms with Gasteiger partial charge in [-0.05, 0) is 43.9 Å². The van der Waals surface area contributed by atoms with E-state index in [0.29, 0.717) is 19.5 Å². The first-order valence-corrected chi connectivity index (χ1v) is 9.04. The molecule has 1 heterocycles. The van der Waals surface area contributed by atoms with Gasteiger partial charge in [-0.25, -0.2) is 0 Å². The van der Waals surface area contributed by atoms with E-state index in [4.69, 9.17) is 0 Å². The first kappa shape index (κ1) is 17.3. The molecule has 126 valence electrons. The van der Waals surface area contributed by atoms with Crippen LogP contribution in [0.15, 0.2) is 0 Å². The maximum Gasteiger partial charge on any atom is 0.306 e. The van der Waals surface area contributed by atoms with E-state index in [9.17, 15) is 14.7 Å². The van der Waals surface area contributed by atoms with E-state index in [1.54, 1.807) is 0 Å². The lowest BCUT2D eigenvalue weighted by molar-refractivity contribution is -0.150. The Morgan fingerprint density at radius 2 is 1.82 bits per heavy atom. The normalized spacial score (nSPS) is 32.7. The molecule has 1 saturated carbocycles. The Bertz CT molecular complexity index is 388. The average molecular weight is 309 g/mol. The van der Waals surface area contributed by atoms with E-state index < -0.39 is 5.97 Å². The Hall–Kier alpha value is -1.06. The number of likely N-dealkylation sites (tertiary alicyclic amines) is 1. The molecule has 1 amide bonds. The van der Waals surface area contributed by atoms with Crippen LogP contribution in [-0.2, 0) is 9.59 Å². The van der Waals surface area contributed by atoms with Crippen LogP contribution in [0.2, 0.25) is 0 Å². The molecule has 1 N–H and O–H groups in total. The van der Waals surface area contributed by atoms with Crippen LogP contribution >= 0.6 is 0 Å². The lowest BCUT2D eigenvalue weighted by Gasteiger charge is -2.38. The van der Waals surface area contributed by atoms with Crippen LogP contribution in [0.4, 0.5) is 0 Å². The maximum absolute atomic E-state index is 12.7. The molecule has 1 saturated heterocycles. The summed E-state index contributed by atoms with van der Waals surface area (Å²) in [6.07, 6.45) is 8.93. The van der Waals surface area contributed by atoms with Gasteiger partial charge in [-0.3, -0.25) is 9.59 Å². The average Bonchev–Trinajstić information content (AvgIpc) is 2.52. The quantitative estimate of drug-likeness (QED) is 0.845. The van der Waals surface area contributed by atoms with Gasteiger partial charge in [0.05, 0.1) is 5.92 Å². The number of carboxylic acids is 1. The van der Waals surface area contributed by atoms with Crippen molar-refractivity contribution in [3.8, 4) is 0 Å². The third-order valence-corrected chi connectivity index (χ3v) is 5.70. The van der Waals surface area contributed by atoms with Crippen LogP contribution in [-0.4, -0.2) is 35.0 Å². The van der Waals surface area contributed by atoms with Crippen molar-refractivity contribution in [1.29, 1.82) is 0 Å². The SMILES string of the molecule is CCCCC1CCC(C(=O)N2CCC(C(=O)O)C(C)C2)CC1. The summed E-state index contributed by atoms with van der Waals surface area (Å²) in [6, 6.07) is 0. The van der Waals surface area contributed by atoms with Crippen molar-refractivity contribution < 1.29 is 14.7 Å². The minimum atomic E-state index is -0.712. The van der Waals surface area contributed by atoms with Crippen molar-refractivity contribution in [2.75, 3.05) is 13.1 Å². The van der Waals surface area contributed by atoms with Gasteiger partial charge in [0, 0.05) is 19.0 Å². The monoisotopic (exact) mass is 309 g/mol. The summed E-state index contributed by atoms with van der Waals surface area (Å²) >= 11 is 0. The van der Waals surface area contributed by atoms with Crippen LogP contribution in [0.5, 0.6) is 0 Å². The van der Waals surface area contributed by atoms with Crippen LogP contribution in [0.3, 0.4) is 0 Å². The Balaban J connectivity index is 1.80. The van der Waals surface area contributed by atoms with Gasteiger partial charge in [-0.2, -0.15) is 0 Å². The Labute approximate surface area is 134 Å². The number of carboxylic acid groups (broad SMARTS) is 1. The highest BCUT2D eigenvalue weighted by Crippen LogP contribution is 2.34. The fourth-order valence-corrected chi connectivity index (χ4v) is 4.16. The summed E-state index contributed by atoms with van der Waals surface area (Å²) in [4.78, 5) is 25.8. The van der Waals surface area contributed by atoms with Crippen LogP contribution in [0.25, 0.3) is 0 Å². The van der Waals surface area contributed by atoms with Crippen molar-refractivity contribution in [2.24, 2.45) is 23.7 Å². The number of piperidine rings is 1. The number of nitrogens with zero attached hydrogens (tertiary/aromatic N) is 1. The standard InChI is InChI=1S/C18H31NO3/c1-3-4-5-14-6-8-15(9-7-14)17(20)19-11-10-16(18(21)22)13(2)12-19/h13-16H,3-12H2,1-2H3,(H,21,22). The molecule has 2 aliphatic rings. The zero-order valence-electron chi connectivity index (χ0n) is 14.1. The molecule has 2 fully saturated rings. The second kappa shape index (κ2) is 7.98. The number of hydrogen-bond acceptors (Lipinski definition) is 2. The minimum Gasteiger partial charge on any atom is -0.481 e. The zero-order valence-corrected chi connectivity index (χ0v) is 14.1. The summed E-state index contributed by atoms with van der Waals surface area (Å²) < 4.78 is 0. The predicted molar refractivity (Wildman–Crippen MR) is 86.5 cm³/mol. The van der Waals surface area contributed by atoms with Crippen molar-refractivity contribution in [3.05, 3.63) is 0 Å². The molecule has 0 aromatic rings. The van der Waals surface area contributed by atoms with Crippen LogP contribution < -0.4 is 0 Å². The van der Waals surface area contributed by atoms with E-state index in [2.05, 4.69) is 6.92 Å². The zero-order chi connectivity index (χ0) is 16.1. The summed E-state index contributed by atoms with van der Waals surface area (Å²) in [5.74, 6) is 0.359. The van der Waals surface area contributed by atoms with Gasteiger partial charge in [0.1, 0.15) is 0 Å². The molecule has 4 nitrogen and oxygen atoms in total. The number of aliphatic carboxylic acids is 1. The molecule has 0 aromatic carbocycles. The minimum absolute atomic E-state index is 0.0658. The van der Waals surface area contributed by atoms with E-state index in [0.717, 1.165) is 18.8 Å². The van der Waals surface area contributed by atoms with Crippen LogP contribution in [0, 0.1) is 23.7 Å². The number of rotatable bonds is 5. The van der Waals surface area contributed by atoms with Gasteiger partial charge in [-0.1, -0.05) is 33.1 Å². The maximum atomic E-state index is 12.7. The molecular weight excluding hydrogens is 278 g/mol. The predicted octanol–water partition coefficient (Wildman–Crippen LogP) is 3.55. The molecule has 4 heteroatoms. The van der Waals surface area contributed by atoms with E-state index in [1.807, 2.05) is 11.8 Å². The Morgan fingerprint density at radius 3 is 2.36 bits per heavy atom. The van der Waals surface area contributed by atoms with E-state index in [-0.39, 0.29) is 23.7 Å². The first-order chi connectivity index (χ1) is 10.5. The molecule has 0 spiro atoms. The lowest BCUT2D eigenvalue weighted by Crippen LogP contribution is -2.47. The highest BCUT2D eigenvalue weighted by atomic mass is 16.4. The highest BCUT2D eigenvalue weighted by Gasteiger charge is 2.36. The summed E-state index contributed by atoms with van der Waals surface area (Å²) in [7, 11) is 0. The van der Waals surface area contributed by atoms with Crippen molar-refractivity contribution in [1.82, 2.24) is 4.90 Å². The highest BCUT2D eigenvalue weighted by molar-refractivity contribution is 5.79. The van der Waals surface area contributed by atoms with Crippen LogP contribution in [0.1, 0.15) is 65.2 Å². The molecule has 2 unspecified atom stereocenters. The van der Waals surface area contributed by atoms with Gasteiger partial charge < -0.3 is 10.0 Å². The van der Waals surface area contributed by atoms with Gasteiger partial charge >= 0.3 is 5.97 Å². The molecule has 2 rings (SSSR count). The Morgan fingerprint density at radius 1 is 1.14 bits per heavy atom. The second-order valence-corrected chi connectivity index (χ2v) is 7.35. The summed E-state index contributed by atoms with van der Waals surface area (Å²) in [5, 5.41) is 9.18. The van der Waals surface area contributed by atoms with Crippen molar-refractivity contribution >= 4 is 11.9 Å². The molecule has 1 aliphatic heterocycles. The molecule has 0 bridgehead atoms. The molecule has 2 atom stereocenters. The summed E-state index contributed by atoms with van der Waals surface area (Å²) in [6.45, 7) is 5.43. The van der Waals surface area contributed by atoms with E-state index in [1.165, 1.54) is 32.1 Å². The lowest BCUT2D eigenvalue weighted by atomic mass is 9.78. The third kappa shape index (κ3) is 4.23. The summed E-state index contributed by atoms with van der Waals surface area (Å²) in [5.41, 5.74) is 0. The molecular formula is C18H31NO3. The van der Waals surface area contributed by atoms with E-state index >= 15 is 0 Å². The fourth-order valence-electron chi connectivity index (χ4n) is 4.16. The second-order valence-electron chi connectivity index (χ2n) is 7.35.